The molecule has 3 atom stereocenters. The summed E-state index contributed by atoms with van der Waals surface area (Å²) in [6.45, 7) is 2.30. The molecule has 3 aliphatic heterocycles. The maximum atomic E-state index is 11.9. The molecule has 0 aliphatic carbocycles. The molecule has 0 aromatic heterocycles. The van der Waals surface area contributed by atoms with Crippen LogP contribution in [0, 0.1) is 0 Å². The van der Waals surface area contributed by atoms with E-state index in [1.807, 2.05) is 11.0 Å². The molecule has 3 heterocycles. The summed E-state index contributed by atoms with van der Waals surface area (Å²) in [4.78, 5) is 27.7. The van der Waals surface area contributed by atoms with Crippen molar-refractivity contribution >= 4 is 11.7 Å². The van der Waals surface area contributed by atoms with Gasteiger partial charge >= 0.3 is 0 Å². The van der Waals surface area contributed by atoms with Crippen LogP contribution in [-0.2, 0) is 14.3 Å². The normalized spacial score (nSPS) is 38.3. The first-order valence-corrected chi connectivity index (χ1v) is 6.46. The minimum atomic E-state index is -0.366. The zero-order valence-electron chi connectivity index (χ0n) is 10.5. The Balaban J connectivity index is 1.88. The Hall–Kier alpha value is -1.20. The highest BCUT2D eigenvalue weighted by Crippen LogP contribution is 2.32. The standard InChI is InChI=1S/C13H18N2O3/c1-18-12-11-10-8-9(16)4-7-14(10)5-2-3-6-15(11)13(12)17/h2-3,10-12H,4-8H2,1H3/b3-2-/t10-,11+,12-/m1/s1. The zero-order valence-corrected chi connectivity index (χ0v) is 10.5. The van der Waals surface area contributed by atoms with Crippen molar-refractivity contribution in [3.63, 3.8) is 0 Å². The van der Waals surface area contributed by atoms with Crippen molar-refractivity contribution in [2.24, 2.45) is 0 Å². The fourth-order valence-corrected chi connectivity index (χ4v) is 3.26. The van der Waals surface area contributed by atoms with Crippen LogP contribution in [0.5, 0.6) is 0 Å². The van der Waals surface area contributed by atoms with Crippen molar-refractivity contribution in [2.45, 2.75) is 31.0 Å². The molecule has 0 bridgehead atoms. The summed E-state index contributed by atoms with van der Waals surface area (Å²) in [5.74, 6) is 0.349. The Morgan fingerprint density at radius 3 is 2.83 bits per heavy atom. The van der Waals surface area contributed by atoms with E-state index in [-0.39, 0.29) is 24.1 Å². The third-order valence-electron chi connectivity index (χ3n) is 4.24. The molecule has 0 radical (unpaired) electrons. The molecule has 1 amide bonds. The summed E-state index contributed by atoms with van der Waals surface area (Å²) in [5.41, 5.74) is 0. The van der Waals surface area contributed by atoms with Crippen LogP contribution >= 0.6 is 0 Å². The van der Waals surface area contributed by atoms with Gasteiger partial charge < -0.3 is 9.64 Å². The second kappa shape index (κ2) is 4.48. The Morgan fingerprint density at radius 2 is 2.06 bits per heavy atom. The molecule has 3 aliphatic rings. The molecule has 2 fully saturated rings. The molecule has 5 heteroatoms. The third-order valence-corrected chi connectivity index (χ3v) is 4.24. The van der Waals surface area contributed by atoms with Gasteiger partial charge in [0.05, 0.1) is 6.04 Å². The summed E-state index contributed by atoms with van der Waals surface area (Å²) < 4.78 is 5.30. The summed E-state index contributed by atoms with van der Waals surface area (Å²) in [5, 5.41) is 0. The number of ether oxygens (including phenoxy) is 1. The van der Waals surface area contributed by atoms with E-state index in [9.17, 15) is 9.59 Å². The Kier molecular flexibility index (Phi) is 2.95. The first-order chi connectivity index (χ1) is 8.72. The van der Waals surface area contributed by atoms with E-state index < -0.39 is 0 Å². The maximum absolute atomic E-state index is 11.9. The molecule has 5 nitrogen and oxygen atoms in total. The fourth-order valence-electron chi connectivity index (χ4n) is 3.26. The quantitative estimate of drug-likeness (QED) is 0.478. The highest BCUT2D eigenvalue weighted by Gasteiger charge is 2.53. The highest BCUT2D eigenvalue weighted by molar-refractivity contribution is 5.89. The van der Waals surface area contributed by atoms with Crippen LogP contribution in [0.1, 0.15) is 12.8 Å². The smallest absolute Gasteiger partial charge is 0.254 e. The Bertz CT molecular complexity index is 407. The van der Waals surface area contributed by atoms with Gasteiger partial charge in [0.2, 0.25) is 0 Å². The van der Waals surface area contributed by atoms with Crippen molar-refractivity contribution in [1.29, 1.82) is 0 Å². The van der Waals surface area contributed by atoms with Gasteiger partial charge in [-0.15, -0.1) is 0 Å². The van der Waals surface area contributed by atoms with E-state index in [4.69, 9.17) is 4.74 Å². The lowest BCUT2D eigenvalue weighted by molar-refractivity contribution is -0.177. The van der Waals surface area contributed by atoms with Crippen LogP contribution < -0.4 is 0 Å². The predicted molar refractivity (Wildman–Crippen MR) is 65.0 cm³/mol. The lowest BCUT2D eigenvalue weighted by Crippen LogP contribution is -2.73. The lowest BCUT2D eigenvalue weighted by Gasteiger charge is -2.53. The van der Waals surface area contributed by atoms with E-state index in [0.717, 1.165) is 13.1 Å². The van der Waals surface area contributed by atoms with E-state index in [0.29, 0.717) is 25.2 Å². The topological polar surface area (TPSA) is 49.9 Å². The van der Waals surface area contributed by atoms with Gasteiger partial charge in [0.1, 0.15) is 5.78 Å². The van der Waals surface area contributed by atoms with Crippen LogP contribution in [-0.4, -0.2) is 66.4 Å². The SMILES string of the molecule is CO[C@H]1C(=O)N2C/C=C\CN3CCC(=O)C[C@@H]3[C@@H]12. The molecule has 0 spiro atoms. The van der Waals surface area contributed by atoms with Crippen molar-refractivity contribution in [3.8, 4) is 0 Å². The van der Waals surface area contributed by atoms with Crippen molar-refractivity contribution in [2.75, 3.05) is 26.7 Å². The number of fused-ring (bicyclic) bond motifs is 3. The van der Waals surface area contributed by atoms with Gasteiger partial charge in [0.25, 0.3) is 5.91 Å². The largest absolute Gasteiger partial charge is 0.369 e. The maximum Gasteiger partial charge on any atom is 0.254 e. The summed E-state index contributed by atoms with van der Waals surface area (Å²) >= 11 is 0. The highest BCUT2D eigenvalue weighted by atomic mass is 16.5. The number of piperidine rings is 1. The lowest BCUT2D eigenvalue weighted by atomic mass is 9.83. The number of hydrogen-bond acceptors (Lipinski definition) is 4. The number of nitrogens with zero attached hydrogens (tertiary/aromatic N) is 2. The first kappa shape index (κ1) is 11.9. The first-order valence-electron chi connectivity index (χ1n) is 6.46. The molecule has 0 saturated carbocycles. The van der Waals surface area contributed by atoms with Gasteiger partial charge in [-0.25, -0.2) is 0 Å². The van der Waals surface area contributed by atoms with Crippen molar-refractivity contribution < 1.29 is 14.3 Å². The number of Topliss-reactive ketones (excluding diaryl/α,β-unsaturated/α-hetero) is 1. The average molecular weight is 250 g/mol. The van der Waals surface area contributed by atoms with E-state index in [2.05, 4.69) is 11.0 Å². The second-order valence-electron chi connectivity index (χ2n) is 5.16. The minimum absolute atomic E-state index is 0.0386. The van der Waals surface area contributed by atoms with Gasteiger partial charge in [-0.2, -0.15) is 0 Å². The van der Waals surface area contributed by atoms with Gasteiger partial charge in [-0.3, -0.25) is 14.5 Å². The van der Waals surface area contributed by atoms with E-state index in [1.54, 1.807) is 7.11 Å². The number of β-lactam (4-membered cyclic amide) rings is 1. The average Bonchev–Trinajstić information content (AvgIpc) is 2.34. The van der Waals surface area contributed by atoms with Crippen LogP contribution in [0.3, 0.4) is 0 Å². The molecular formula is C13H18N2O3. The number of carbonyl (C=O) groups excluding carboxylic acids is 2. The summed E-state index contributed by atoms with van der Waals surface area (Å²) in [6.07, 6.45) is 4.93. The van der Waals surface area contributed by atoms with E-state index in [1.165, 1.54) is 0 Å². The molecule has 0 unspecified atom stereocenters. The van der Waals surface area contributed by atoms with Gasteiger partial charge in [0, 0.05) is 45.6 Å². The number of rotatable bonds is 1. The molecule has 3 rings (SSSR count). The Morgan fingerprint density at radius 1 is 1.28 bits per heavy atom. The predicted octanol–water partition coefficient (Wildman–Crippen LogP) is -0.184. The summed E-state index contributed by atoms with van der Waals surface area (Å²) in [7, 11) is 1.57. The molecule has 98 valence electrons. The van der Waals surface area contributed by atoms with E-state index >= 15 is 0 Å². The zero-order chi connectivity index (χ0) is 12.7. The number of methoxy groups -OCH3 is 1. The van der Waals surface area contributed by atoms with Gasteiger partial charge in [0.15, 0.2) is 6.10 Å². The van der Waals surface area contributed by atoms with Crippen molar-refractivity contribution in [1.82, 2.24) is 9.80 Å². The number of carbonyl (C=O) groups is 2. The van der Waals surface area contributed by atoms with Crippen LogP contribution in [0.15, 0.2) is 12.2 Å². The second-order valence-corrected chi connectivity index (χ2v) is 5.16. The molecule has 2 saturated heterocycles. The number of amides is 1. The molecule has 0 aromatic carbocycles. The molecule has 0 N–H and O–H groups in total. The van der Waals surface area contributed by atoms with Gasteiger partial charge in [-0.1, -0.05) is 12.2 Å². The summed E-state index contributed by atoms with van der Waals surface area (Å²) in [6, 6.07) is 0.163. The van der Waals surface area contributed by atoms with Crippen molar-refractivity contribution in [3.05, 3.63) is 12.2 Å². The number of hydrogen-bond donors (Lipinski definition) is 0. The monoisotopic (exact) mass is 250 g/mol. The van der Waals surface area contributed by atoms with Crippen LogP contribution in [0.4, 0.5) is 0 Å². The number of ketones is 1. The fraction of sp³-hybridized carbons (Fsp3) is 0.692. The molecule has 18 heavy (non-hydrogen) atoms. The van der Waals surface area contributed by atoms with Crippen LogP contribution in [0.2, 0.25) is 0 Å². The van der Waals surface area contributed by atoms with Crippen LogP contribution in [0.25, 0.3) is 0 Å². The minimum Gasteiger partial charge on any atom is -0.369 e. The van der Waals surface area contributed by atoms with Gasteiger partial charge in [-0.05, 0) is 0 Å². The molecular weight excluding hydrogens is 232 g/mol. The Labute approximate surface area is 106 Å². The molecule has 0 aromatic rings. The third kappa shape index (κ3) is 1.69.